The number of aryl methyl sites for hydroxylation is 1. The van der Waals surface area contributed by atoms with Crippen molar-refractivity contribution in [3.8, 4) is 0 Å². The highest BCUT2D eigenvalue weighted by Crippen LogP contribution is 2.34. The molecule has 2 aromatic rings. The van der Waals surface area contributed by atoms with Crippen LogP contribution in [0.15, 0.2) is 24.3 Å². The number of imidazole rings is 1. The van der Waals surface area contributed by atoms with Crippen molar-refractivity contribution in [1.82, 2.24) is 14.5 Å². The Morgan fingerprint density at radius 2 is 1.91 bits per heavy atom. The molecule has 0 radical (unpaired) electrons. The molecule has 1 aliphatic heterocycles. The van der Waals surface area contributed by atoms with Crippen molar-refractivity contribution in [1.29, 1.82) is 0 Å². The Morgan fingerprint density at radius 3 is 2.68 bits per heavy atom. The molecular formula is C18H23N3O. The van der Waals surface area contributed by atoms with Crippen molar-refractivity contribution in [3.63, 3.8) is 0 Å². The maximum atomic E-state index is 12.5. The molecule has 0 spiro atoms. The van der Waals surface area contributed by atoms with Gasteiger partial charge in [0.05, 0.1) is 11.0 Å². The first kappa shape index (κ1) is 13.8. The van der Waals surface area contributed by atoms with E-state index in [1.54, 1.807) is 0 Å². The van der Waals surface area contributed by atoms with Gasteiger partial charge in [0, 0.05) is 32.0 Å². The lowest BCUT2D eigenvalue weighted by Gasteiger charge is -2.31. The largest absolute Gasteiger partial charge is 0.339 e. The lowest BCUT2D eigenvalue weighted by Crippen LogP contribution is -2.37. The molecule has 4 nitrogen and oxygen atoms in total. The molecule has 1 saturated heterocycles. The number of carbonyl (C=O) groups is 1. The van der Waals surface area contributed by atoms with Gasteiger partial charge in [0.1, 0.15) is 5.82 Å². The summed E-state index contributed by atoms with van der Waals surface area (Å²) in [6, 6.07) is 8.69. The van der Waals surface area contributed by atoms with Crippen molar-refractivity contribution in [3.05, 3.63) is 30.1 Å². The highest BCUT2D eigenvalue weighted by molar-refractivity contribution is 5.81. The van der Waals surface area contributed by atoms with Gasteiger partial charge in [-0.05, 0) is 25.0 Å². The average molecular weight is 297 g/mol. The predicted molar refractivity (Wildman–Crippen MR) is 86.7 cm³/mol. The third-order valence-electron chi connectivity index (χ3n) is 5.36. The van der Waals surface area contributed by atoms with Crippen LogP contribution in [0.25, 0.3) is 11.0 Å². The molecule has 116 valence electrons. The second-order valence-electron chi connectivity index (χ2n) is 6.76. The van der Waals surface area contributed by atoms with Crippen LogP contribution >= 0.6 is 0 Å². The highest BCUT2D eigenvalue weighted by atomic mass is 16.2. The molecule has 1 amide bonds. The minimum Gasteiger partial charge on any atom is -0.339 e. The topological polar surface area (TPSA) is 38.1 Å². The number of carbonyl (C=O) groups excluding carboxylic acids is 1. The van der Waals surface area contributed by atoms with Gasteiger partial charge in [0.25, 0.3) is 0 Å². The van der Waals surface area contributed by atoms with Crippen molar-refractivity contribution >= 4 is 16.9 Å². The number of benzene rings is 1. The molecule has 0 bridgehead atoms. The summed E-state index contributed by atoms with van der Waals surface area (Å²) in [5.41, 5.74) is 2.18. The fraction of sp³-hybridized carbons (Fsp3) is 0.556. The van der Waals surface area contributed by atoms with Gasteiger partial charge in [-0.2, -0.15) is 0 Å². The Hall–Kier alpha value is -1.84. The molecule has 1 saturated carbocycles. The van der Waals surface area contributed by atoms with Crippen LogP contribution in [0.4, 0.5) is 0 Å². The van der Waals surface area contributed by atoms with Gasteiger partial charge in [-0.1, -0.05) is 31.4 Å². The van der Waals surface area contributed by atoms with Crippen LogP contribution in [0.2, 0.25) is 0 Å². The molecule has 0 N–H and O–H groups in total. The first-order valence-corrected chi connectivity index (χ1v) is 8.45. The second-order valence-corrected chi connectivity index (χ2v) is 6.76. The smallest absolute Gasteiger partial charge is 0.223 e. The summed E-state index contributed by atoms with van der Waals surface area (Å²) < 4.78 is 2.16. The molecule has 4 heteroatoms. The molecule has 4 rings (SSSR count). The minimum atomic E-state index is 0.242. The van der Waals surface area contributed by atoms with E-state index in [1.165, 1.54) is 32.1 Å². The summed E-state index contributed by atoms with van der Waals surface area (Å²) in [4.78, 5) is 19.4. The number of para-hydroxylation sites is 2. The molecular weight excluding hydrogens is 274 g/mol. The first-order valence-electron chi connectivity index (χ1n) is 8.45. The monoisotopic (exact) mass is 297 g/mol. The summed E-state index contributed by atoms with van der Waals surface area (Å²) in [6.07, 6.45) is 6.85. The van der Waals surface area contributed by atoms with Crippen molar-refractivity contribution in [2.75, 3.05) is 6.54 Å². The number of aromatic nitrogens is 2. The van der Waals surface area contributed by atoms with E-state index in [2.05, 4.69) is 28.6 Å². The molecule has 2 fully saturated rings. The first-order chi connectivity index (χ1) is 10.7. The van der Waals surface area contributed by atoms with E-state index in [1.807, 2.05) is 12.1 Å². The third kappa shape index (κ3) is 2.21. The molecule has 2 aliphatic rings. The zero-order valence-electron chi connectivity index (χ0n) is 13.2. The van der Waals surface area contributed by atoms with E-state index in [9.17, 15) is 4.79 Å². The molecule has 1 aromatic heterocycles. The summed E-state index contributed by atoms with van der Waals surface area (Å²) in [7, 11) is 2.07. The van der Waals surface area contributed by atoms with E-state index in [4.69, 9.17) is 4.98 Å². The molecule has 1 unspecified atom stereocenters. The number of nitrogens with zero attached hydrogens (tertiary/aromatic N) is 3. The van der Waals surface area contributed by atoms with Crippen LogP contribution in [0.1, 0.15) is 50.3 Å². The Balaban J connectivity index is 1.60. The van der Waals surface area contributed by atoms with Crippen molar-refractivity contribution in [2.24, 2.45) is 7.05 Å². The molecule has 22 heavy (non-hydrogen) atoms. The van der Waals surface area contributed by atoms with E-state index in [0.717, 1.165) is 23.4 Å². The Morgan fingerprint density at radius 1 is 1.14 bits per heavy atom. The highest BCUT2D eigenvalue weighted by Gasteiger charge is 2.37. The van der Waals surface area contributed by atoms with Gasteiger partial charge in [0.2, 0.25) is 5.91 Å². The van der Waals surface area contributed by atoms with Gasteiger partial charge < -0.3 is 9.47 Å². The number of hydrogen-bond acceptors (Lipinski definition) is 2. The van der Waals surface area contributed by atoms with Crippen LogP contribution in [0.5, 0.6) is 0 Å². The lowest BCUT2D eigenvalue weighted by molar-refractivity contribution is -0.130. The van der Waals surface area contributed by atoms with Crippen LogP contribution in [-0.4, -0.2) is 32.9 Å². The zero-order chi connectivity index (χ0) is 15.1. The lowest BCUT2D eigenvalue weighted by atomic mass is 9.94. The number of rotatable bonds is 2. The maximum Gasteiger partial charge on any atom is 0.223 e. The van der Waals surface area contributed by atoms with Gasteiger partial charge in [-0.15, -0.1) is 0 Å². The molecule has 1 aromatic carbocycles. The molecule has 1 aliphatic carbocycles. The molecule has 1 atom stereocenters. The normalized spacial score (nSPS) is 23.6. The zero-order valence-corrected chi connectivity index (χ0v) is 13.2. The summed E-state index contributed by atoms with van der Waals surface area (Å²) >= 11 is 0. The van der Waals surface area contributed by atoms with Crippen molar-refractivity contribution < 1.29 is 4.79 Å². The van der Waals surface area contributed by atoms with Crippen molar-refractivity contribution in [2.45, 2.75) is 50.5 Å². The minimum absolute atomic E-state index is 0.242. The Labute approximate surface area is 131 Å². The van der Waals surface area contributed by atoms with Gasteiger partial charge >= 0.3 is 0 Å². The third-order valence-corrected chi connectivity index (χ3v) is 5.36. The second kappa shape index (κ2) is 5.41. The van der Waals surface area contributed by atoms with Gasteiger partial charge in [-0.3, -0.25) is 4.79 Å². The predicted octanol–water partition coefficient (Wildman–Crippen LogP) is 3.22. The number of likely N-dealkylation sites (tertiary alicyclic amines) is 1. The number of amides is 1. The SMILES string of the molecule is Cn1c(C2CC(=O)N(C3CCCCC3)C2)nc2ccccc21. The summed E-state index contributed by atoms with van der Waals surface area (Å²) in [5.74, 6) is 1.63. The Bertz CT molecular complexity index is 699. The summed E-state index contributed by atoms with van der Waals surface area (Å²) in [6.45, 7) is 0.848. The van der Waals surface area contributed by atoms with Crippen LogP contribution in [-0.2, 0) is 11.8 Å². The quantitative estimate of drug-likeness (QED) is 0.853. The van der Waals surface area contributed by atoms with Gasteiger partial charge in [0.15, 0.2) is 0 Å². The van der Waals surface area contributed by atoms with Crippen LogP contribution in [0, 0.1) is 0 Å². The van der Waals surface area contributed by atoms with E-state index in [-0.39, 0.29) is 5.92 Å². The fourth-order valence-corrected chi connectivity index (χ4v) is 4.18. The van der Waals surface area contributed by atoms with E-state index < -0.39 is 0 Å². The summed E-state index contributed by atoms with van der Waals surface area (Å²) in [5, 5.41) is 0. The standard InChI is InChI=1S/C18H23N3O/c1-20-16-10-6-5-9-15(16)19-18(20)13-11-17(22)21(12-13)14-7-3-2-4-8-14/h5-6,9-10,13-14H,2-4,7-8,11-12H2,1H3. The fourth-order valence-electron chi connectivity index (χ4n) is 4.18. The van der Waals surface area contributed by atoms with E-state index >= 15 is 0 Å². The number of hydrogen-bond donors (Lipinski definition) is 0. The van der Waals surface area contributed by atoms with Gasteiger partial charge in [-0.25, -0.2) is 4.98 Å². The molecule has 2 heterocycles. The van der Waals surface area contributed by atoms with E-state index in [0.29, 0.717) is 18.4 Å². The van der Waals surface area contributed by atoms with Crippen LogP contribution in [0.3, 0.4) is 0 Å². The average Bonchev–Trinajstić information content (AvgIpc) is 3.09. The Kier molecular flexibility index (Phi) is 3.40. The van der Waals surface area contributed by atoms with Crippen LogP contribution < -0.4 is 0 Å². The maximum absolute atomic E-state index is 12.5. The number of fused-ring (bicyclic) bond motifs is 1.